The molecule has 2 nitrogen and oxygen atoms in total. The van der Waals surface area contributed by atoms with E-state index in [2.05, 4.69) is 16.0 Å². The molecule has 1 fully saturated rings. The number of hydrogen-bond donors (Lipinski definition) is 0. The van der Waals surface area contributed by atoms with Crippen molar-refractivity contribution in [1.29, 1.82) is 0 Å². The second-order valence-electron chi connectivity index (χ2n) is 5.67. The third kappa shape index (κ3) is 3.67. The number of aromatic nitrogens is 1. The van der Waals surface area contributed by atoms with Crippen LogP contribution in [0.4, 0.5) is 4.39 Å². The molecule has 2 heterocycles. The Morgan fingerprint density at radius 3 is 2.71 bits per heavy atom. The molecular weight excluding hydrogens is 263 g/mol. The fraction of sp³-hybridized carbons (Fsp3) is 0.389. The summed E-state index contributed by atoms with van der Waals surface area (Å²) in [5, 5.41) is 0. The number of hydrogen-bond acceptors (Lipinski definition) is 2. The molecular formula is C18H21FN2. The zero-order valence-electron chi connectivity index (χ0n) is 12.2. The lowest BCUT2D eigenvalue weighted by Crippen LogP contribution is -2.35. The third-order valence-electron chi connectivity index (χ3n) is 4.25. The minimum absolute atomic E-state index is 0.158. The van der Waals surface area contributed by atoms with E-state index in [4.69, 9.17) is 0 Å². The largest absolute Gasteiger partial charge is 0.296 e. The fourth-order valence-electron chi connectivity index (χ4n) is 3.13. The highest BCUT2D eigenvalue weighted by atomic mass is 19.1. The van der Waals surface area contributed by atoms with Gasteiger partial charge in [-0.2, -0.15) is 0 Å². The molecule has 1 atom stereocenters. The summed E-state index contributed by atoms with van der Waals surface area (Å²) in [5.41, 5.74) is 2.37. The number of piperidine rings is 1. The highest BCUT2D eigenvalue weighted by molar-refractivity contribution is 5.20. The first-order chi connectivity index (χ1) is 10.3. The van der Waals surface area contributed by atoms with Crippen molar-refractivity contribution in [2.24, 2.45) is 0 Å². The Hall–Kier alpha value is -1.74. The first kappa shape index (κ1) is 14.2. The number of pyridine rings is 1. The van der Waals surface area contributed by atoms with Crippen LogP contribution in [-0.2, 0) is 6.42 Å². The zero-order chi connectivity index (χ0) is 14.5. The predicted octanol–water partition coefficient (Wildman–Crippen LogP) is 3.99. The summed E-state index contributed by atoms with van der Waals surface area (Å²) in [7, 11) is 0. The van der Waals surface area contributed by atoms with Gasteiger partial charge in [-0.1, -0.05) is 24.6 Å². The Bertz CT molecular complexity index is 553. The predicted molar refractivity (Wildman–Crippen MR) is 82.5 cm³/mol. The molecule has 1 aromatic carbocycles. The van der Waals surface area contributed by atoms with E-state index < -0.39 is 0 Å². The van der Waals surface area contributed by atoms with E-state index >= 15 is 0 Å². The monoisotopic (exact) mass is 284 g/mol. The molecule has 0 spiro atoms. The Labute approximate surface area is 125 Å². The van der Waals surface area contributed by atoms with Gasteiger partial charge in [0.05, 0.1) is 0 Å². The minimum atomic E-state index is -0.158. The molecule has 2 aromatic rings. The lowest BCUT2D eigenvalue weighted by molar-refractivity contribution is 0.150. The highest BCUT2D eigenvalue weighted by Gasteiger charge is 2.23. The van der Waals surface area contributed by atoms with Crippen LogP contribution in [0.3, 0.4) is 0 Å². The second kappa shape index (κ2) is 6.81. The van der Waals surface area contributed by atoms with Crippen LogP contribution in [-0.4, -0.2) is 23.0 Å². The van der Waals surface area contributed by atoms with Gasteiger partial charge < -0.3 is 0 Å². The van der Waals surface area contributed by atoms with Crippen LogP contribution >= 0.6 is 0 Å². The topological polar surface area (TPSA) is 16.1 Å². The Kier molecular flexibility index (Phi) is 4.61. The van der Waals surface area contributed by atoms with Crippen molar-refractivity contribution in [2.45, 2.75) is 31.7 Å². The molecule has 0 radical (unpaired) electrons. The number of likely N-dealkylation sites (tertiary alicyclic amines) is 1. The van der Waals surface area contributed by atoms with Gasteiger partial charge >= 0.3 is 0 Å². The van der Waals surface area contributed by atoms with Gasteiger partial charge in [-0.05, 0) is 49.2 Å². The van der Waals surface area contributed by atoms with Crippen LogP contribution in [0, 0.1) is 5.82 Å². The number of rotatable bonds is 4. The second-order valence-corrected chi connectivity index (χ2v) is 5.67. The van der Waals surface area contributed by atoms with Crippen molar-refractivity contribution >= 4 is 0 Å². The van der Waals surface area contributed by atoms with Crippen molar-refractivity contribution < 1.29 is 4.39 Å². The van der Waals surface area contributed by atoms with E-state index in [-0.39, 0.29) is 5.82 Å². The van der Waals surface area contributed by atoms with Crippen molar-refractivity contribution in [3.05, 3.63) is 65.7 Å². The smallest absolute Gasteiger partial charge is 0.123 e. The molecule has 0 saturated carbocycles. The molecule has 0 N–H and O–H groups in total. The highest BCUT2D eigenvalue weighted by Crippen LogP contribution is 2.30. The van der Waals surface area contributed by atoms with Crippen LogP contribution in [0.15, 0.2) is 48.7 Å². The summed E-state index contributed by atoms with van der Waals surface area (Å²) in [6.07, 6.45) is 6.48. The van der Waals surface area contributed by atoms with Crippen molar-refractivity contribution in [1.82, 2.24) is 9.88 Å². The zero-order valence-corrected chi connectivity index (χ0v) is 12.2. The molecule has 1 saturated heterocycles. The van der Waals surface area contributed by atoms with Crippen molar-refractivity contribution in [2.75, 3.05) is 13.1 Å². The van der Waals surface area contributed by atoms with Gasteiger partial charge in [-0.25, -0.2) is 4.39 Å². The van der Waals surface area contributed by atoms with E-state index in [1.807, 2.05) is 30.5 Å². The third-order valence-corrected chi connectivity index (χ3v) is 4.25. The summed E-state index contributed by atoms with van der Waals surface area (Å²) in [4.78, 5) is 6.92. The summed E-state index contributed by atoms with van der Waals surface area (Å²) in [5.74, 6) is -0.158. The van der Waals surface area contributed by atoms with Crippen molar-refractivity contribution in [3.63, 3.8) is 0 Å². The average molecular weight is 284 g/mol. The van der Waals surface area contributed by atoms with E-state index in [1.165, 1.54) is 18.4 Å². The van der Waals surface area contributed by atoms with Gasteiger partial charge in [0.25, 0.3) is 0 Å². The quantitative estimate of drug-likeness (QED) is 0.844. The minimum Gasteiger partial charge on any atom is -0.296 e. The molecule has 1 unspecified atom stereocenters. The van der Waals surface area contributed by atoms with E-state index in [0.717, 1.165) is 31.6 Å². The molecule has 0 bridgehead atoms. The summed E-state index contributed by atoms with van der Waals surface area (Å²) in [6.45, 7) is 2.13. The fourth-order valence-corrected chi connectivity index (χ4v) is 3.13. The van der Waals surface area contributed by atoms with Gasteiger partial charge in [0, 0.05) is 30.9 Å². The molecule has 1 aromatic heterocycles. The summed E-state index contributed by atoms with van der Waals surface area (Å²) >= 11 is 0. The molecule has 0 amide bonds. The maximum absolute atomic E-state index is 13.1. The lowest BCUT2D eigenvalue weighted by atomic mass is 9.95. The average Bonchev–Trinajstić information content (AvgIpc) is 2.55. The van der Waals surface area contributed by atoms with Gasteiger partial charge in [0.15, 0.2) is 0 Å². The van der Waals surface area contributed by atoms with Crippen LogP contribution in [0.25, 0.3) is 0 Å². The van der Waals surface area contributed by atoms with Crippen molar-refractivity contribution in [3.8, 4) is 0 Å². The summed E-state index contributed by atoms with van der Waals surface area (Å²) in [6, 6.07) is 13.5. The molecule has 1 aliphatic rings. The van der Waals surface area contributed by atoms with Crippen LogP contribution in [0.1, 0.15) is 36.6 Å². The molecule has 0 aliphatic carbocycles. The first-order valence-corrected chi connectivity index (χ1v) is 7.72. The Morgan fingerprint density at radius 2 is 1.95 bits per heavy atom. The lowest BCUT2D eigenvalue weighted by Gasteiger charge is -2.36. The molecule has 21 heavy (non-hydrogen) atoms. The summed E-state index contributed by atoms with van der Waals surface area (Å²) < 4.78 is 13.1. The van der Waals surface area contributed by atoms with Crippen LogP contribution < -0.4 is 0 Å². The first-order valence-electron chi connectivity index (χ1n) is 7.72. The molecule has 110 valence electrons. The van der Waals surface area contributed by atoms with Crippen LogP contribution in [0.2, 0.25) is 0 Å². The van der Waals surface area contributed by atoms with Gasteiger partial charge in [-0.3, -0.25) is 9.88 Å². The Balaban J connectivity index is 1.68. The SMILES string of the molecule is Fc1ccc(C2CCCCN2CCc2ccccn2)cc1. The van der Waals surface area contributed by atoms with E-state index in [1.54, 1.807) is 12.1 Å². The number of halogens is 1. The maximum Gasteiger partial charge on any atom is 0.123 e. The molecule has 3 heteroatoms. The van der Waals surface area contributed by atoms with Gasteiger partial charge in [0.1, 0.15) is 5.82 Å². The normalized spacial score (nSPS) is 19.6. The number of benzene rings is 1. The number of nitrogens with zero attached hydrogens (tertiary/aromatic N) is 2. The van der Waals surface area contributed by atoms with Gasteiger partial charge in [0.2, 0.25) is 0 Å². The molecule has 1 aliphatic heterocycles. The maximum atomic E-state index is 13.1. The van der Waals surface area contributed by atoms with Gasteiger partial charge in [-0.15, -0.1) is 0 Å². The standard InChI is InChI=1S/C18H21FN2/c19-16-9-7-15(8-10-16)18-6-2-4-13-21(18)14-11-17-5-1-3-12-20-17/h1,3,5,7-10,12,18H,2,4,6,11,13-14H2. The Morgan fingerprint density at radius 1 is 1.10 bits per heavy atom. The molecule has 3 rings (SSSR count). The van der Waals surface area contributed by atoms with Crippen LogP contribution in [0.5, 0.6) is 0 Å². The van der Waals surface area contributed by atoms with E-state index in [0.29, 0.717) is 6.04 Å². The van der Waals surface area contributed by atoms with E-state index in [9.17, 15) is 4.39 Å².